The van der Waals surface area contributed by atoms with Crippen molar-refractivity contribution in [3.63, 3.8) is 0 Å². The molecule has 7 heteroatoms. The minimum atomic E-state index is -0.287. The van der Waals surface area contributed by atoms with Crippen molar-refractivity contribution in [3.05, 3.63) is 53.7 Å². The Hall–Kier alpha value is -2.67. The van der Waals surface area contributed by atoms with Crippen LogP contribution in [0.5, 0.6) is 5.88 Å². The van der Waals surface area contributed by atoms with Gasteiger partial charge in [0.05, 0.1) is 12.8 Å². The molecule has 0 aliphatic heterocycles. The lowest BCUT2D eigenvalue weighted by Gasteiger charge is -2.06. The van der Waals surface area contributed by atoms with E-state index in [1.54, 1.807) is 22.3 Å². The van der Waals surface area contributed by atoms with Crippen molar-refractivity contribution in [2.75, 3.05) is 12.4 Å². The summed E-state index contributed by atoms with van der Waals surface area (Å²) in [5.41, 5.74) is 1.17. The molecule has 0 fully saturated rings. The number of nitrogens with one attached hydrogen (secondary N) is 1. The molecule has 0 radical (unpaired) electrons. The molecule has 2 heterocycles. The number of methoxy groups -OCH3 is 1. The number of carbonyl (C=O) groups is 1. The number of rotatable bonds is 4. The Kier molecular flexibility index (Phi) is 3.65. The van der Waals surface area contributed by atoms with Crippen LogP contribution < -0.4 is 10.1 Å². The lowest BCUT2D eigenvalue weighted by Crippen LogP contribution is -2.16. The van der Waals surface area contributed by atoms with Crippen molar-refractivity contribution in [1.82, 2.24) is 14.8 Å². The van der Waals surface area contributed by atoms with Crippen LogP contribution in [0.2, 0.25) is 0 Å². The average Bonchev–Trinajstić information content (AvgIpc) is 3.17. The second kappa shape index (κ2) is 5.76. The number of benzene rings is 1. The molecule has 21 heavy (non-hydrogen) atoms. The van der Waals surface area contributed by atoms with E-state index < -0.39 is 0 Å². The Balaban J connectivity index is 1.97. The molecule has 0 bridgehead atoms. The normalized spacial score (nSPS) is 10.3. The zero-order valence-electron chi connectivity index (χ0n) is 11.2. The molecule has 0 atom stereocenters. The van der Waals surface area contributed by atoms with E-state index in [1.165, 1.54) is 18.4 Å². The third kappa shape index (κ3) is 2.77. The predicted octanol–water partition coefficient (Wildman–Crippen LogP) is 2.59. The molecule has 6 nitrogen and oxygen atoms in total. The molecule has 3 rings (SSSR count). The first-order valence-corrected chi connectivity index (χ1v) is 7.06. The maximum absolute atomic E-state index is 12.4. The average molecular weight is 300 g/mol. The molecule has 0 saturated heterocycles. The number of para-hydroxylation sites is 1. The van der Waals surface area contributed by atoms with E-state index in [2.05, 4.69) is 15.4 Å². The molecule has 3 aromatic rings. The molecule has 1 aromatic carbocycles. The van der Waals surface area contributed by atoms with Crippen LogP contribution in [0.25, 0.3) is 5.69 Å². The Morgan fingerprint density at radius 1 is 1.33 bits per heavy atom. The van der Waals surface area contributed by atoms with Gasteiger partial charge in [-0.3, -0.25) is 10.1 Å². The zero-order valence-corrected chi connectivity index (χ0v) is 12.0. The fourth-order valence-corrected chi connectivity index (χ4v) is 2.36. The van der Waals surface area contributed by atoms with Gasteiger partial charge in [-0.15, -0.1) is 16.4 Å². The summed E-state index contributed by atoms with van der Waals surface area (Å²) in [6, 6.07) is 11.0. The van der Waals surface area contributed by atoms with E-state index in [-0.39, 0.29) is 5.91 Å². The molecule has 1 N–H and O–H groups in total. The van der Waals surface area contributed by atoms with E-state index in [4.69, 9.17) is 4.74 Å². The number of nitrogens with zero attached hydrogens (tertiary/aromatic N) is 3. The Bertz CT molecular complexity index is 738. The number of anilines is 1. The fraction of sp³-hybridized carbons (Fsp3) is 0.0714. The van der Waals surface area contributed by atoms with Crippen LogP contribution in [0.1, 0.15) is 10.5 Å². The van der Waals surface area contributed by atoms with Gasteiger partial charge in [0.2, 0.25) is 5.88 Å². The molecule has 0 spiro atoms. The van der Waals surface area contributed by atoms with Crippen LogP contribution in [-0.4, -0.2) is 27.8 Å². The molecule has 0 aliphatic rings. The minimum Gasteiger partial charge on any atom is -0.480 e. The molecule has 1 amide bonds. The highest BCUT2D eigenvalue weighted by atomic mass is 32.1. The van der Waals surface area contributed by atoms with E-state index in [0.29, 0.717) is 16.7 Å². The maximum atomic E-state index is 12.4. The van der Waals surface area contributed by atoms with Crippen LogP contribution in [-0.2, 0) is 0 Å². The summed E-state index contributed by atoms with van der Waals surface area (Å²) in [5.74, 6) is 0.0905. The van der Waals surface area contributed by atoms with Crippen LogP contribution in [0, 0.1) is 0 Å². The molecular weight excluding hydrogens is 288 g/mol. The Morgan fingerprint density at radius 2 is 2.14 bits per heavy atom. The zero-order chi connectivity index (χ0) is 14.7. The predicted molar refractivity (Wildman–Crippen MR) is 80.2 cm³/mol. The molecule has 0 aliphatic carbocycles. The lowest BCUT2D eigenvalue weighted by atomic mass is 10.3. The van der Waals surface area contributed by atoms with Crippen LogP contribution in [0.3, 0.4) is 0 Å². The SMILES string of the molecule is COc1cc(C(=O)Nc2nccs2)n(-c2ccccc2)n1. The van der Waals surface area contributed by atoms with Gasteiger partial charge < -0.3 is 4.74 Å². The first-order valence-electron chi connectivity index (χ1n) is 6.18. The standard InChI is InChI=1S/C14H12N4O2S/c1-20-12-9-11(13(19)16-14-15-7-8-21-14)18(17-12)10-5-3-2-4-6-10/h2-9H,1H3,(H,15,16,19). The van der Waals surface area contributed by atoms with Gasteiger partial charge in [-0.05, 0) is 12.1 Å². The van der Waals surface area contributed by atoms with Gasteiger partial charge in [0.25, 0.3) is 5.91 Å². The molecule has 0 unspecified atom stereocenters. The largest absolute Gasteiger partial charge is 0.480 e. The fourth-order valence-electron chi connectivity index (χ4n) is 1.83. The number of thiazole rings is 1. The molecule has 106 valence electrons. The summed E-state index contributed by atoms with van der Waals surface area (Å²) >= 11 is 1.36. The number of ether oxygens (including phenoxy) is 1. The van der Waals surface area contributed by atoms with Crippen LogP contribution in [0.15, 0.2) is 48.0 Å². The number of carbonyl (C=O) groups excluding carboxylic acids is 1. The summed E-state index contributed by atoms with van der Waals surface area (Å²) in [7, 11) is 1.51. The first kappa shape index (κ1) is 13.3. The van der Waals surface area contributed by atoms with Crippen LogP contribution in [0.4, 0.5) is 5.13 Å². The molecule has 2 aromatic heterocycles. The summed E-state index contributed by atoms with van der Waals surface area (Å²) in [6.45, 7) is 0. The van der Waals surface area contributed by atoms with Gasteiger partial charge in [-0.2, -0.15) is 0 Å². The smallest absolute Gasteiger partial charge is 0.276 e. The third-order valence-corrected chi connectivity index (χ3v) is 3.47. The summed E-state index contributed by atoms with van der Waals surface area (Å²) in [6.07, 6.45) is 1.63. The van der Waals surface area contributed by atoms with Crippen molar-refractivity contribution in [1.29, 1.82) is 0 Å². The van der Waals surface area contributed by atoms with E-state index in [9.17, 15) is 4.79 Å². The van der Waals surface area contributed by atoms with Crippen molar-refractivity contribution in [2.45, 2.75) is 0 Å². The van der Waals surface area contributed by atoms with Crippen molar-refractivity contribution in [3.8, 4) is 11.6 Å². The van der Waals surface area contributed by atoms with Gasteiger partial charge in [0, 0.05) is 17.6 Å². The Morgan fingerprint density at radius 3 is 2.81 bits per heavy atom. The van der Waals surface area contributed by atoms with Gasteiger partial charge in [0.15, 0.2) is 5.13 Å². The second-order valence-corrected chi connectivity index (χ2v) is 5.01. The summed E-state index contributed by atoms with van der Waals surface area (Å²) in [4.78, 5) is 16.4. The second-order valence-electron chi connectivity index (χ2n) is 4.11. The Labute approximate surface area is 125 Å². The summed E-state index contributed by atoms with van der Waals surface area (Å²) in [5, 5.41) is 9.34. The first-order chi connectivity index (χ1) is 10.3. The monoisotopic (exact) mass is 300 g/mol. The lowest BCUT2D eigenvalue weighted by molar-refractivity contribution is 0.101. The van der Waals surface area contributed by atoms with Crippen molar-refractivity contribution >= 4 is 22.4 Å². The summed E-state index contributed by atoms with van der Waals surface area (Å²) < 4.78 is 6.66. The number of aromatic nitrogens is 3. The van der Waals surface area contributed by atoms with E-state index in [0.717, 1.165) is 5.69 Å². The van der Waals surface area contributed by atoms with Gasteiger partial charge in [-0.1, -0.05) is 18.2 Å². The van der Waals surface area contributed by atoms with Gasteiger partial charge in [-0.25, -0.2) is 9.67 Å². The molecule has 0 saturated carbocycles. The third-order valence-electron chi connectivity index (χ3n) is 2.78. The topological polar surface area (TPSA) is 69.0 Å². The number of hydrogen-bond donors (Lipinski definition) is 1. The highest BCUT2D eigenvalue weighted by molar-refractivity contribution is 7.13. The number of hydrogen-bond acceptors (Lipinski definition) is 5. The number of amides is 1. The van der Waals surface area contributed by atoms with Gasteiger partial charge >= 0.3 is 0 Å². The van der Waals surface area contributed by atoms with Crippen molar-refractivity contribution in [2.24, 2.45) is 0 Å². The van der Waals surface area contributed by atoms with Crippen molar-refractivity contribution < 1.29 is 9.53 Å². The molecular formula is C14H12N4O2S. The minimum absolute atomic E-state index is 0.287. The van der Waals surface area contributed by atoms with E-state index in [1.807, 2.05) is 30.3 Å². The van der Waals surface area contributed by atoms with E-state index >= 15 is 0 Å². The van der Waals surface area contributed by atoms with Crippen LogP contribution >= 0.6 is 11.3 Å². The highest BCUT2D eigenvalue weighted by Crippen LogP contribution is 2.19. The van der Waals surface area contributed by atoms with Gasteiger partial charge in [0.1, 0.15) is 5.69 Å². The maximum Gasteiger partial charge on any atom is 0.276 e. The quantitative estimate of drug-likeness (QED) is 0.804. The highest BCUT2D eigenvalue weighted by Gasteiger charge is 2.17.